The van der Waals surface area contributed by atoms with E-state index in [1.165, 1.54) is 19.2 Å². The van der Waals surface area contributed by atoms with Crippen molar-refractivity contribution in [1.82, 2.24) is 30.1 Å². The lowest BCUT2D eigenvalue weighted by Crippen LogP contribution is -2.16. The van der Waals surface area contributed by atoms with E-state index in [1.54, 1.807) is 52.2 Å². The SMILES string of the molecule is CNC(=O)c1ccc(Cn2cc(-c3cc(F)ccc3-n3cccn3)nn2)o1. The smallest absolute Gasteiger partial charge is 0.286 e. The average Bonchev–Trinajstić information content (AvgIpc) is 3.43. The molecule has 3 heterocycles. The van der Waals surface area contributed by atoms with Crippen LogP contribution in [-0.4, -0.2) is 37.7 Å². The molecule has 1 aromatic carbocycles. The van der Waals surface area contributed by atoms with Gasteiger partial charge in [-0.25, -0.2) is 13.8 Å². The summed E-state index contributed by atoms with van der Waals surface area (Å²) >= 11 is 0. The number of hydrogen-bond acceptors (Lipinski definition) is 5. The van der Waals surface area contributed by atoms with Gasteiger partial charge in [-0.1, -0.05) is 5.21 Å². The van der Waals surface area contributed by atoms with Gasteiger partial charge in [-0.3, -0.25) is 4.79 Å². The highest BCUT2D eigenvalue weighted by Gasteiger charge is 2.14. The molecule has 4 rings (SSSR count). The maximum Gasteiger partial charge on any atom is 0.286 e. The van der Waals surface area contributed by atoms with Crippen molar-refractivity contribution in [1.29, 1.82) is 0 Å². The van der Waals surface area contributed by atoms with Crippen molar-refractivity contribution in [3.63, 3.8) is 0 Å². The minimum Gasteiger partial charge on any atom is -0.454 e. The maximum absolute atomic E-state index is 13.8. The summed E-state index contributed by atoms with van der Waals surface area (Å²) in [5.74, 6) is 0.0939. The van der Waals surface area contributed by atoms with Gasteiger partial charge in [0.1, 0.15) is 23.8 Å². The molecule has 0 saturated carbocycles. The van der Waals surface area contributed by atoms with Crippen LogP contribution in [0.1, 0.15) is 16.3 Å². The first-order valence-corrected chi connectivity index (χ1v) is 8.15. The van der Waals surface area contributed by atoms with E-state index in [9.17, 15) is 9.18 Å². The number of halogens is 1. The second kappa shape index (κ2) is 6.87. The number of furan rings is 1. The highest BCUT2D eigenvalue weighted by atomic mass is 19.1. The standard InChI is InChI=1S/C18H15FN6O2/c1-20-18(26)17-6-4-13(27-17)10-24-11-15(22-23-24)14-9-12(19)3-5-16(14)25-8-2-7-21-25/h2-9,11H,10H2,1H3,(H,20,26). The van der Waals surface area contributed by atoms with E-state index in [4.69, 9.17) is 4.42 Å². The number of nitrogens with zero attached hydrogens (tertiary/aromatic N) is 5. The molecule has 0 fully saturated rings. The van der Waals surface area contributed by atoms with Gasteiger partial charge < -0.3 is 9.73 Å². The molecule has 27 heavy (non-hydrogen) atoms. The number of carbonyl (C=O) groups excluding carboxylic acids is 1. The Morgan fingerprint density at radius 3 is 2.96 bits per heavy atom. The van der Waals surface area contributed by atoms with E-state index in [2.05, 4.69) is 20.7 Å². The summed E-state index contributed by atoms with van der Waals surface area (Å²) in [4.78, 5) is 11.6. The van der Waals surface area contributed by atoms with E-state index < -0.39 is 0 Å². The largest absolute Gasteiger partial charge is 0.454 e. The van der Waals surface area contributed by atoms with E-state index in [0.29, 0.717) is 22.7 Å². The van der Waals surface area contributed by atoms with Crippen molar-refractivity contribution < 1.29 is 13.6 Å². The molecule has 0 unspecified atom stereocenters. The summed E-state index contributed by atoms with van der Waals surface area (Å²) in [6.07, 6.45) is 5.10. The molecule has 8 nitrogen and oxygen atoms in total. The summed E-state index contributed by atoms with van der Waals surface area (Å²) in [6, 6.07) is 9.47. The number of benzene rings is 1. The molecule has 9 heteroatoms. The Kier molecular flexibility index (Phi) is 4.25. The zero-order valence-corrected chi connectivity index (χ0v) is 14.3. The van der Waals surface area contributed by atoms with E-state index in [0.717, 1.165) is 0 Å². The van der Waals surface area contributed by atoms with Crippen LogP contribution in [0.4, 0.5) is 4.39 Å². The summed E-state index contributed by atoms with van der Waals surface area (Å²) in [7, 11) is 1.53. The molecule has 0 saturated heterocycles. The quantitative estimate of drug-likeness (QED) is 0.585. The van der Waals surface area contributed by atoms with Gasteiger partial charge in [-0.15, -0.1) is 5.10 Å². The predicted octanol–water partition coefficient (Wildman–Crippen LogP) is 2.27. The second-order valence-corrected chi connectivity index (χ2v) is 5.76. The molecule has 0 aliphatic carbocycles. The molecule has 0 aliphatic heterocycles. The van der Waals surface area contributed by atoms with Crippen LogP contribution < -0.4 is 5.32 Å². The maximum atomic E-state index is 13.8. The minimum absolute atomic E-state index is 0.221. The minimum atomic E-state index is -0.378. The van der Waals surface area contributed by atoms with Gasteiger partial charge in [-0.2, -0.15) is 5.10 Å². The van der Waals surface area contributed by atoms with Crippen LogP contribution >= 0.6 is 0 Å². The molecule has 0 spiro atoms. The first kappa shape index (κ1) is 16.7. The Morgan fingerprint density at radius 1 is 1.30 bits per heavy atom. The van der Waals surface area contributed by atoms with Crippen molar-refractivity contribution >= 4 is 5.91 Å². The third kappa shape index (κ3) is 3.34. The number of aromatic nitrogens is 5. The first-order valence-electron chi connectivity index (χ1n) is 8.15. The van der Waals surface area contributed by atoms with Gasteiger partial charge in [0.25, 0.3) is 5.91 Å². The molecule has 3 aromatic heterocycles. The lowest BCUT2D eigenvalue weighted by molar-refractivity contribution is 0.0933. The van der Waals surface area contributed by atoms with Crippen molar-refractivity contribution in [2.75, 3.05) is 7.05 Å². The number of rotatable bonds is 5. The molecule has 0 bridgehead atoms. The number of nitrogens with one attached hydrogen (secondary N) is 1. The zero-order chi connectivity index (χ0) is 18.8. The van der Waals surface area contributed by atoms with Crippen molar-refractivity contribution in [2.24, 2.45) is 0 Å². The van der Waals surface area contributed by atoms with Crippen LogP contribution in [0.3, 0.4) is 0 Å². The van der Waals surface area contributed by atoms with Gasteiger partial charge in [0, 0.05) is 25.0 Å². The topological polar surface area (TPSA) is 90.8 Å². The van der Waals surface area contributed by atoms with Gasteiger partial charge >= 0.3 is 0 Å². The zero-order valence-electron chi connectivity index (χ0n) is 14.3. The third-order valence-corrected chi connectivity index (χ3v) is 3.95. The van der Waals surface area contributed by atoms with Crippen LogP contribution in [0.5, 0.6) is 0 Å². The summed E-state index contributed by atoms with van der Waals surface area (Å²) in [5, 5.41) is 14.9. The van der Waals surface area contributed by atoms with Crippen LogP contribution in [-0.2, 0) is 6.54 Å². The molecule has 1 N–H and O–H groups in total. The van der Waals surface area contributed by atoms with Crippen LogP contribution in [0.15, 0.2) is 59.4 Å². The summed E-state index contributed by atoms with van der Waals surface area (Å²) in [6.45, 7) is 0.288. The number of amides is 1. The lowest BCUT2D eigenvalue weighted by atomic mass is 10.1. The van der Waals surface area contributed by atoms with Crippen molar-refractivity contribution in [2.45, 2.75) is 6.54 Å². The van der Waals surface area contributed by atoms with Crippen LogP contribution in [0.2, 0.25) is 0 Å². The summed E-state index contributed by atoms with van der Waals surface area (Å²) in [5.41, 5.74) is 1.75. The number of hydrogen-bond donors (Lipinski definition) is 1. The Hall–Kier alpha value is -3.75. The molecule has 4 aromatic rings. The van der Waals surface area contributed by atoms with Gasteiger partial charge in [0.05, 0.1) is 11.9 Å². The van der Waals surface area contributed by atoms with Gasteiger partial charge in [0.2, 0.25) is 0 Å². The highest BCUT2D eigenvalue weighted by molar-refractivity contribution is 5.91. The molecular formula is C18H15FN6O2. The second-order valence-electron chi connectivity index (χ2n) is 5.76. The molecule has 0 radical (unpaired) electrons. The molecule has 0 aliphatic rings. The molecule has 0 atom stereocenters. The monoisotopic (exact) mass is 366 g/mol. The van der Waals surface area contributed by atoms with E-state index >= 15 is 0 Å². The van der Waals surface area contributed by atoms with E-state index in [-0.39, 0.29) is 24.0 Å². The number of carbonyl (C=O) groups is 1. The van der Waals surface area contributed by atoms with Crippen molar-refractivity contribution in [3.8, 4) is 16.9 Å². The molecule has 1 amide bonds. The fourth-order valence-corrected chi connectivity index (χ4v) is 2.69. The van der Waals surface area contributed by atoms with Crippen molar-refractivity contribution in [3.05, 3.63) is 72.3 Å². The Bertz CT molecular complexity index is 1080. The molecule has 136 valence electrons. The third-order valence-electron chi connectivity index (χ3n) is 3.95. The van der Waals surface area contributed by atoms with E-state index in [1.807, 2.05) is 0 Å². The highest BCUT2D eigenvalue weighted by Crippen LogP contribution is 2.25. The van der Waals surface area contributed by atoms with Crippen LogP contribution in [0, 0.1) is 5.82 Å². The predicted molar refractivity (Wildman–Crippen MR) is 93.7 cm³/mol. The Balaban J connectivity index is 1.63. The first-order chi connectivity index (χ1) is 13.1. The Morgan fingerprint density at radius 2 is 2.19 bits per heavy atom. The molecular weight excluding hydrogens is 351 g/mol. The lowest BCUT2D eigenvalue weighted by Gasteiger charge is -2.07. The van der Waals surface area contributed by atoms with Gasteiger partial charge in [0.15, 0.2) is 5.76 Å². The summed E-state index contributed by atoms with van der Waals surface area (Å²) < 4.78 is 22.5. The average molecular weight is 366 g/mol. The Labute approximate surface area is 153 Å². The van der Waals surface area contributed by atoms with Gasteiger partial charge in [-0.05, 0) is 36.4 Å². The normalized spacial score (nSPS) is 10.9. The fraction of sp³-hybridized carbons (Fsp3) is 0.111. The fourth-order valence-electron chi connectivity index (χ4n) is 2.69. The van der Waals surface area contributed by atoms with Crippen LogP contribution in [0.25, 0.3) is 16.9 Å².